The number of fused-ring (bicyclic) bond motifs is 2. The fourth-order valence-electron chi connectivity index (χ4n) is 5.70. The molecule has 3 aromatic rings. The number of piperidine rings is 1. The highest BCUT2D eigenvalue weighted by molar-refractivity contribution is 5.80. The number of hydrogen-bond acceptors (Lipinski definition) is 3. The summed E-state index contributed by atoms with van der Waals surface area (Å²) in [6, 6.07) is 17.7. The number of benzene rings is 2. The number of carbonyl (C=O) groups excluding carboxylic acids is 1. The van der Waals surface area contributed by atoms with E-state index in [0.29, 0.717) is 12.1 Å². The number of rotatable bonds is 4. The number of aryl methyl sites for hydroxylation is 1. The molecule has 2 aromatic carbocycles. The molecule has 1 amide bonds. The third-order valence-corrected chi connectivity index (χ3v) is 7.22. The molecule has 1 aromatic heterocycles. The minimum Gasteiger partial charge on any atom is -0.358 e. The predicted molar refractivity (Wildman–Crippen MR) is 122 cm³/mol. The quantitative estimate of drug-likeness (QED) is 0.708. The molecule has 162 valence electrons. The fourth-order valence-corrected chi connectivity index (χ4v) is 5.70. The van der Waals surface area contributed by atoms with Crippen molar-refractivity contribution in [2.75, 3.05) is 13.6 Å². The van der Waals surface area contributed by atoms with E-state index in [1.165, 1.54) is 17.5 Å². The summed E-state index contributed by atoms with van der Waals surface area (Å²) in [5, 5.41) is 2.63. The molecule has 31 heavy (non-hydrogen) atoms. The van der Waals surface area contributed by atoms with E-state index in [4.69, 9.17) is 0 Å². The van der Waals surface area contributed by atoms with Crippen LogP contribution in [0, 0.1) is 0 Å². The molecule has 5 rings (SSSR count). The van der Waals surface area contributed by atoms with Gasteiger partial charge in [0.1, 0.15) is 6.54 Å². The van der Waals surface area contributed by atoms with Crippen LogP contribution in [0.3, 0.4) is 0 Å². The Balaban J connectivity index is 1.44. The summed E-state index contributed by atoms with van der Waals surface area (Å²) in [6.45, 7) is 3.32. The second kappa shape index (κ2) is 8.00. The number of carbonyl (C=O) groups is 1. The monoisotopic (exact) mass is 418 g/mol. The first-order chi connectivity index (χ1) is 15.1. The summed E-state index contributed by atoms with van der Waals surface area (Å²) in [4.78, 5) is 28.0. The second-order valence-electron chi connectivity index (χ2n) is 8.92. The molecule has 1 aliphatic heterocycles. The number of hydrogen-bond donors (Lipinski definition) is 1. The topological polar surface area (TPSA) is 59.3 Å². The van der Waals surface area contributed by atoms with Gasteiger partial charge in [0.25, 0.3) is 0 Å². The highest BCUT2D eigenvalue weighted by atomic mass is 16.2. The van der Waals surface area contributed by atoms with E-state index in [1.807, 2.05) is 28.8 Å². The molecule has 1 saturated heterocycles. The molecule has 2 aliphatic rings. The van der Waals surface area contributed by atoms with Gasteiger partial charge >= 0.3 is 5.69 Å². The zero-order chi connectivity index (χ0) is 21.5. The van der Waals surface area contributed by atoms with E-state index < -0.39 is 0 Å². The first kappa shape index (κ1) is 20.1. The third-order valence-electron chi connectivity index (χ3n) is 7.22. The zero-order valence-corrected chi connectivity index (χ0v) is 18.3. The van der Waals surface area contributed by atoms with Crippen LogP contribution in [-0.2, 0) is 17.8 Å². The van der Waals surface area contributed by atoms with Gasteiger partial charge in [0.15, 0.2) is 0 Å². The van der Waals surface area contributed by atoms with Gasteiger partial charge in [-0.25, -0.2) is 4.79 Å². The number of imidazole rings is 1. The molecule has 6 heteroatoms. The molecule has 2 heterocycles. The molecule has 3 unspecified atom stereocenters. The van der Waals surface area contributed by atoms with Crippen molar-refractivity contribution in [3.63, 3.8) is 0 Å². The van der Waals surface area contributed by atoms with Gasteiger partial charge in [-0.2, -0.15) is 0 Å². The third kappa shape index (κ3) is 3.39. The Morgan fingerprint density at radius 2 is 1.81 bits per heavy atom. The van der Waals surface area contributed by atoms with Crippen LogP contribution in [0.2, 0.25) is 0 Å². The fraction of sp³-hybridized carbons (Fsp3) is 0.440. The Labute approximate surface area is 182 Å². The molecule has 1 N–H and O–H groups in total. The first-order valence-corrected chi connectivity index (χ1v) is 11.3. The van der Waals surface area contributed by atoms with Gasteiger partial charge in [-0.05, 0) is 55.9 Å². The van der Waals surface area contributed by atoms with Crippen LogP contribution in [-0.4, -0.2) is 39.6 Å². The van der Waals surface area contributed by atoms with Gasteiger partial charge in [0, 0.05) is 31.7 Å². The van der Waals surface area contributed by atoms with Crippen LogP contribution in [0.15, 0.2) is 53.3 Å². The molecular formula is C25H30N4O2. The van der Waals surface area contributed by atoms with Gasteiger partial charge in [0.2, 0.25) is 5.91 Å². The normalized spacial score (nSPS) is 23.7. The number of likely N-dealkylation sites (tertiary alicyclic amines) is 1. The zero-order valence-electron chi connectivity index (χ0n) is 18.3. The van der Waals surface area contributed by atoms with Crippen molar-refractivity contribution in [1.29, 1.82) is 0 Å². The van der Waals surface area contributed by atoms with Gasteiger partial charge in [0.05, 0.1) is 11.0 Å². The summed E-state index contributed by atoms with van der Waals surface area (Å²) in [5.74, 6) is -0.159. The molecule has 0 bridgehead atoms. The summed E-state index contributed by atoms with van der Waals surface area (Å²) in [6.07, 6.45) is 4.21. The van der Waals surface area contributed by atoms with Crippen molar-refractivity contribution in [3.05, 3.63) is 70.1 Å². The Bertz CT molecular complexity index is 1180. The lowest BCUT2D eigenvalue weighted by molar-refractivity contribution is -0.121. The predicted octanol–water partition coefficient (Wildman–Crippen LogP) is 3.26. The van der Waals surface area contributed by atoms with Crippen LogP contribution in [0.1, 0.15) is 49.4 Å². The number of likely N-dealkylation sites (N-methyl/N-ethyl adjacent to an activating group) is 1. The average molecular weight is 419 g/mol. The first-order valence-electron chi connectivity index (χ1n) is 11.3. The lowest BCUT2D eigenvalue weighted by Gasteiger charge is -2.42. The average Bonchev–Trinajstić information content (AvgIpc) is 3.33. The molecule has 6 nitrogen and oxygen atoms in total. The van der Waals surface area contributed by atoms with Crippen molar-refractivity contribution in [3.8, 4) is 0 Å². The van der Waals surface area contributed by atoms with Crippen LogP contribution in [0.4, 0.5) is 0 Å². The van der Waals surface area contributed by atoms with Crippen molar-refractivity contribution in [1.82, 2.24) is 19.4 Å². The van der Waals surface area contributed by atoms with Crippen molar-refractivity contribution >= 4 is 16.9 Å². The van der Waals surface area contributed by atoms with Gasteiger partial charge < -0.3 is 5.32 Å². The summed E-state index contributed by atoms with van der Waals surface area (Å²) < 4.78 is 3.55. The van der Waals surface area contributed by atoms with Crippen LogP contribution < -0.4 is 11.0 Å². The maximum Gasteiger partial charge on any atom is 0.329 e. The van der Waals surface area contributed by atoms with E-state index >= 15 is 0 Å². The van der Waals surface area contributed by atoms with Gasteiger partial charge in [-0.3, -0.25) is 18.8 Å². The van der Waals surface area contributed by atoms with Gasteiger partial charge in [-0.15, -0.1) is 0 Å². The summed E-state index contributed by atoms with van der Waals surface area (Å²) in [7, 11) is 1.60. The number of aromatic nitrogens is 2. The number of para-hydroxylation sites is 2. The highest BCUT2D eigenvalue weighted by Crippen LogP contribution is 2.40. The van der Waals surface area contributed by atoms with Crippen LogP contribution in [0.5, 0.6) is 0 Å². The van der Waals surface area contributed by atoms with E-state index in [0.717, 1.165) is 36.8 Å². The SMILES string of the molecule is CNC(=O)Cn1c(=O)n(C2CCN(C3CCc4ccccc43)C(C)C2)c2ccccc21. The second-order valence-corrected chi connectivity index (χ2v) is 8.92. The molecule has 0 spiro atoms. The molecular weight excluding hydrogens is 388 g/mol. The van der Waals surface area contributed by atoms with Gasteiger partial charge in [-0.1, -0.05) is 36.4 Å². The maximum absolute atomic E-state index is 13.4. The molecule has 0 radical (unpaired) electrons. The van der Waals surface area contributed by atoms with Crippen molar-refractivity contribution in [2.24, 2.45) is 0 Å². The Kier molecular flexibility index (Phi) is 5.18. The number of amides is 1. The summed E-state index contributed by atoms with van der Waals surface area (Å²) in [5.41, 5.74) is 4.63. The maximum atomic E-state index is 13.4. The molecule has 1 fully saturated rings. The molecule has 3 atom stereocenters. The Morgan fingerprint density at radius 1 is 1.06 bits per heavy atom. The minimum atomic E-state index is -0.159. The van der Waals surface area contributed by atoms with E-state index in [9.17, 15) is 9.59 Å². The smallest absolute Gasteiger partial charge is 0.329 e. The Hall–Kier alpha value is -2.86. The van der Waals surface area contributed by atoms with E-state index in [-0.39, 0.29) is 24.2 Å². The lowest BCUT2D eigenvalue weighted by Crippen LogP contribution is -2.44. The largest absolute Gasteiger partial charge is 0.358 e. The summed E-state index contributed by atoms with van der Waals surface area (Å²) >= 11 is 0. The molecule has 1 aliphatic carbocycles. The Morgan fingerprint density at radius 3 is 2.58 bits per heavy atom. The lowest BCUT2D eigenvalue weighted by atomic mass is 9.94. The standard InChI is InChI=1S/C25H30N4O2/c1-17-15-19(13-14-27(17)21-12-11-18-7-3-4-8-20(18)21)29-23-10-6-5-9-22(23)28(25(29)31)16-24(30)26-2/h3-10,17,19,21H,11-16H2,1-2H3,(H,26,30). The van der Waals surface area contributed by atoms with Crippen LogP contribution in [0.25, 0.3) is 11.0 Å². The minimum absolute atomic E-state index is 0.0517. The van der Waals surface area contributed by atoms with Crippen molar-refractivity contribution < 1.29 is 4.79 Å². The number of nitrogens with zero attached hydrogens (tertiary/aromatic N) is 3. The van der Waals surface area contributed by atoms with Crippen molar-refractivity contribution in [2.45, 2.75) is 57.3 Å². The van der Waals surface area contributed by atoms with E-state index in [1.54, 1.807) is 11.6 Å². The highest BCUT2D eigenvalue weighted by Gasteiger charge is 2.36. The van der Waals surface area contributed by atoms with Crippen LogP contribution >= 0.6 is 0 Å². The number of nitrogens with one attached hydrogen (secondary N) is 1. The van der Waals surface area contributed by atoms with E-state index in [2.05, 4.69) is 41.4 Å². The molecule has 0 saturated carbocycles.